The number of anilines is 2. The molecule has 1 aliphatic rings. The molecule has 0 aliphatic carbocycles. The predicted molar refractivity (Wildman–Crippen MR) is 60.9 cm³/mol. The molecule has 1 aromatic heterocycles. The second kappa shape index (κ2) is 4.49. The van der Waals surface area contributed by atoms with Crippen LogP contribution < -0.4 is 10.6 Å². The van der Waals surface area contributed by atoms with Crippen molar-refractivity contribution in [1.29, 1.82) is 0 Å². The van der Waals surface area contributed by atoms with Crippen LogP contribution >= 0.6 is 0 Å². The van der Waals surface area contributed by atoms with Gasteiger partial charge in [-0.15, -0.1) is 0 Å². The molecule has 0 aromatic carbocycles. The van der Waals surface area contributed by atoms with Gasteiger partial charge in [0.1, 0.15) is 5.82 Å². The lowest BCUT2D eigenvalue weighted by atomic mass is 10.1. The third kappa shape index (κ3) is 2.04. The number of hydrogen-bond donors (Lipinski definition) is 1. The molecule has 2 heterocycles. The summed E-state index contributed by atoms with van der Waals surface area (Å²) in [6, 6.07) is 4.37. The van der Waals surface area contributed by atoms with Gasteiger partial charge in [-0.05, 0) is 18.6 Å². The minimum absolute atomic E-state index is 0.422. The Morgan fingerprint density at radius 1 is 1.67 bits per heavy atom. The average Bonchev–Trinajstić information content (AvgIpc) is 2.30. The van der Waals surface area contributed by atoms with Crippen molar-refractivity contribution in [2.24, 2.45) is 0 Å². The SMILES string of the molecule is CCC1COCCN1c1cccnc1N. The second-order valence-corrected chi connectivity index (χ2v) is 3.74. The maximum absolute atomic E-state index is 5.87. The standard InChI is InChI=1S/C11H17N3O/c1-2-9-8-15-7-6-14(9)10-4-3-5-13-11(10)12/h3-5,9H,2,6-8H2,1H3,(H2,12,13). The summed E-state index contributed by atoms with van der Waals surface area (Å²) in [5, 5.41) is 0. The van der Waals surface area contributed by atoms with Gasteiger partial charge >= 0.3 is 0 Å². The molecule has 1 aliphatic heterocycles. The number of morpholine rings is 1. The van der Waals surface area contributed by atoms with E-state index in [1.165, 1.54) is 0 Å². The molecule has 0 amide bonds. The normalized spacial score (nSPS) is 21.7. The van der Waals surface area contributed by atoms with E-state index in [1.54, 1.807) is 6.20 Å². The minimum Gasteiger partial charge on any atom is -0.382 e. The highest BCUT2D eigenvalue weighted by molar-refractivity contribution is 5.63. The zero-order chi connectivity index (χ0) is 10.7. The molecule has 1 atom stereocenters. The molecule has 0 spiro atoms. The monoisotopic (exact) mass is 207 g/mol. The molecular formula is C11H17N3O. The highest BCUT2D eigenvalue weighted by Gasteiger charge is 2.23. The van der Waals surface area contributed by atoms with Gasteiger partial charge in [0, 0.05) is 12.7 Å². The Hall–Kier alpha value is -1.29. The molecule has 0 saturated carbocycles. The molecule has 1 saturated heterocycles. The fraction of sp³-hybridized carbons (Fsp3) is 0.545. The summed E-state index contributed by atoms with van der Waals surface area (Å²) in [7, 11) is 0. The Bertz CT molecular complexity index is 329. The number of hydrogen-bond acceptors (Lipinski definition) is 4. The number of rotatable bonds is 2. The molecule has 1 fully saturated rings. The van der Waals surface area contributed by atoms with Crippen LogP contribution in [0.3, 0.4) is 0 Å². The van der Waals surface area contributed by atoms with Crippen molar-refractivity contribution in [1.82, 2.24) is 4.98 Å². The van der Waals surface area contributed by atoms with E-state index in [-0.39, 0.29) is 0 Å². The van der Waals surface area contributed by atoms with Crippen LogP contribution in [-0.4, -0.2) is 30.8 Å². The summed E-state index contributed by atoms with van der Waals surface area (Å²) in [5.74, 6) is 0.609. The Balaban J connectivity index is 2.24. The van der Waals surface area contributed by atoms with Crippen molar-refractivity contribution in [3.63, 3.8) is 0 Å². The Kier molecular flexibility index (Phi) is 3.06. The quantitative estimate of drug-likeness (QED) is 0.793. The van der Waals surface area contributed by atoms with Crippen LogP contribution in [0.5, 0.6) is 0 Å². The van der Waals surface area contributed by atoms with E-state index < -0.39 is 0 Å². The van der Waals surface area contributed by atoms with Gasteiger partial charge in [-0.2, -0.15) is 0 Å². The maximum atomic E-state index is 5.87. The molecule has 1 aromatic rings. The van der Waals surface area contributed by atoms with Crippen LogP contribution in [0.2, 0.25) is 0 Å². The summed E-state index contributed by atoms with van der Waals surface area (Å²) in [4.78, 5) is 6.42. The van der Waals surface area contributed by atoms with Gasteiger partial charge < -0.3 is 15.4 Å². The third-order valence-electron chi connectivity index (χ3n) is 2.82. The van der Waals surface area contributed by atoms with Crippen LogP contribution in [-0.2, 0) is 4.74 Å². The predicted octanol–water partition coefficient (Wildman–Crippen LogP) is 1.28. The van der Waals surface area contributed by atoms with E-state index in [2.05, 4.69) is 16.8 Å². The number of ether oxygens (including phenoxy) is 1. The summed E-state index contributed by atoms with van der Waals surface area (Å²) in [5.41, 5.74) is 6.91. The van der Waals surface area contributed by atoms with Crippen LogP contribution in [0, 0.1) is 0 Å². The zero-order valence-corrected chi connectivity index (χ0v) is 9.02. The first-order valence-corrected chi connectivity index (χ1v) is 5.37. The van der Waals surface area contributed by atoms with Crippen LogP contribution in [0.15, 0.2) is 18.3 Å². The van der Waals surface area contributed by atoms with E-state index >= 15 is 0 Å². The lowest BCUT2D eigenvalue weighted by Gasteiger charge is -2.37. The third-order valence-corrected chi connectivity index (χ3v) is 2.82. The van der Waals surface area contributed by atoms with Gasteiger partial charge in [0.05, 0.1) is 24.9 Å². The molecule has 15 heavy (non-hydrogen) atoms. The number of nitrogens with two attached hydrogens (primary N) is 1. The van der Waals surface area contributed by atoms with Crippen LogP contribution in [0.25, 0.3) is 0 Å². The molecule has 4 heteroatoms. The second-order valence-electron chi connectivity index (χ2n) is 3.74. The number of nitrogens with zero attached hydrogens (tertiary/aromatic N) is 2. The first-order chi connectivity index (χ1) is 7.33. The number of nitrogen functional groups attached to an aromatic ring is 1. The van der Waals surface area contributed by atoms with Gasteiger partial charge in [-0.25, -0.2) is 4.98 Å². The lowest BCUT2D eigenvalue weighted by molar-refractivity contribution is 0.0930. The Labute approximate surface area is 90.0 Å². The van der Waals surface area contributed by atoms with E-state index in [0.717, 1.165) is 31.9 Å². The lowest BCUT2D eigenvalue weighted by Crippen LogP contribution is -2.45. The number of pyridine rings is 1. The summed E-state index contributed by atoms with van der Waals surface area (Å²) in [6.07, 6.45) is 2.79. The number of aromatic nitrogens is 1. The molecule has 0 radical (unpaired) electrons. The van der Waals surface area contributed by atoms with Crippen molar-refractivity contribution in [2.45, 2.75) is 19.4 Å². The first-order valence-electron chi connectivity index (χ1n) is 5.37. The molecule has 2 N–H and O–H groups in total. The molecule has 82 valence electrons. The van der Waals surface area contributed by atoms with Crippen molar-refractivity contribution < 1.29 is 4.74 Å². The fourth-order valence-electron chi connectivity index (χ4n) is 1.96. The summed E-state index contributed by atoms with van der Waals surface area (Å²) >= 11 is 0. The van der Waals surface area contributed by atoms with Crippen molar-refractivity contribution >= 4 is 11.5 Å². The minimum atomic E-state index is 0.422. The van der Waals surface area contributed by atoms with E-state index in [1.807, 2.05) is 12.1 Å². The molecular weight excluding hydrogens is 190 g/mol. The van der Waals surface area contributed by atoms with Crippen molar-refractivity contribution in [3.05, 3.63) is 18.3 Å². The van der Waals surface area contributed by atoms with E-state index in [4.69, 9.17) is 10.5 Å². The highest BCUT2D eigenvalue weighted by Crippen LogP contribution is 2.25. The summed E-state index contributed by atoms with van der Waals surface area (Å²) in [6.45, 7) is 4.61. The Morgan fingerprint density at radius 2 is 2.53 bits per heavy atom. The smallest absolute Gasteiger partial charge is 0.146 e. The highest BCUT2D eigenvalue weighted by atomic mass is 16.5. The maximum Gasteiger partial charge on any atom is 0.146 e. The van der Waals surface area contributed by atoms with Gasteiger partial charge in [0.15, 0.2) is 0 Å². The van der Waals surface area contributed by atoms with Crippen LogP contribution in [0.1, 0.15) is 13.3 Å². The average molecular weight is 207 g/mol. The molecule has 4 nitrogen and oxygen atoms in total. The van der Waals surface area contributed by atoms with Crippen LogP contribution in [0.4, 0.5) is 11.5 Å². The zero-order valence-electron chi connectivity index (χ0n) is 9.02. The largest absolute Gasteiger partial charge is 0.382 e. The van der Waals surface area contributed by atoms with E-state index in [0.29, 0.717) is 11.9 Å². The molecule has 2 rings (SSSR count). The van der Waals surface area contributed by atoms with Crippen molar-refractivity contribution in [3.8, 4) is 0 Å². The van der Waals surface area contributed by atoms with Gasteiger partial charge in [-0.3, -0.25) is 0 Å². The fourth-order valence-corrected chi connectivity index (χ4v) is 1.96. The summed E-state index contributed by atoms with van der Waals surface area (Å²) < 4.78 is 5.46. The molecule has 0 bridgehead atoms. The molecule has 1 unspecified atom stereocenters. The van der Waals surface area contributed by atoms with E-state index in [9.17, 15) is 0 Å². The van der Waals surface area contributed by atoms with Gasteiger partial charge in [0.25, 0.3) is 0 Å². The topological polar surface area (TPSA) is 51.4 Å². The first kappa shape index (κ1) is 10.2. The Morgan fingerprint density at radius 3 is 3.27 bits per heavy atom. The van der Waals surface area contributed by atoms with Gasteiger partial charge in [0.2, 0.25) is 0 Å². The van der Waals surface area contributed by atoms with Gasteiger partial charge in [-0.1, -0.05) is 6.92 Å². The van der Waals surface area contributed by atoms with Crippen molar-refractivity contribution in [2.75, 3.05) is 30.4 Å².